The maximum absolute atomic E-state index is 12.2. The molecular formula is C20H17N2O+. The van der Waals surface area contributed by atoms with Crippen LogP contribution < -0.4 is 0 Å². The van der Waals surface area contributed by atoms with Crippen LogP contribution in [0.25, 0.3) is 10.8 Å². The van der Waals surface area contributed by atoms with Crippen LogP contribution in [0, 0.1) is 11.8 Å². The molecule has 2 aromatic carbocycles. The lowest BCUT2D eigenvalue weighted by molar-refractivity contribution is -0.387. The van der Waals surface area contributed by atoms with Gasteiger partial charge in [0.25, 0.3) is 5.69 Å². The van der Waals surface area contributed by atoms with Gasteiger partial charge in [0.1, 0.15) is 0 Å². The van der Waals surface area contributed by atoms with Crippen LogP contribution >= 0.6 is 0 Å². The van der Waals surface area contributed by atoms with Crippen molar-refractivity contribution in [2.24, 2.45) is 0 Å². The van der Waals surface area contributed by atoms with Gasteiger partial charge < -0.3 is 0 Å². The summed E-state index contributed by atoms with van der Waals surface area (Å²) in [4.78, 5) is 16.6. The van der Waals surface area contributed by atoms with E-state index in [1.54, 1.807) is 6.20 Å². The maximum Gasteiger partial charge on any atom is 0.267 e. The van der Waals surface area contributed by atoms with E-state index in [4.69, 9.17) is 0 Å². The molecule has 0 fully saturated rings. The SMILES string of the molecule is Cc1ccc(Cc2cc3c(c4ccccc24)CC=C[N+]3=O)cn1. The van der Waals surface area contributed by atoms with E-state index in [2.05, 4.69) is 29.2 Å². The van der Waals surface area contributed by atoms with Crippen molar-refractivity contribution in [1.82, 2.24) is 4.98 Å². The number of hydrogen-bond acceptors (Lipinski definition) is 2. The van der Waals surface area contributed by atoms with Gasteiger partial charge in [-0.2, -0.15) is 0 Å². The zero-order valence-electron chi connectivity index (χ0n) is 13.0. The molecule has 1 aliphatic heterocycles. The Hall–Kier alpha value is -2.81. The number of rotatable bonds is 2. The number of nitrogens with zero attached hydrogens (tertiary/aromatic N) is 2. The summed E-state index contributed by atoms with van der Waals surface area (Å²) in [6.45, 7) is 1.99. The van der Waals surface area contributed by atoms with Crippen molar-refractivity contribution in [3.8, 4) is 0 Å². The fourth-order valence-electron chi connectivity index (χ4n) is 3.22. The van der Waals surface area contributed by atoms with Crippen molar-refractivity contribution >= 4 is 16.5 Å². The molecule has 1 aliphatic rings. The van der Waals surface area contributed by atoms with Gasteiger partial charge in [0.2, 0.25) is 6.20 Å². The maximum atomic E-state index is 12.2. The van der Waals surface area contributed by atoms with E-state index in [-0.39, 0.29) is 0 Å². The third-order valence-electron chi connectivity index (χ3n) is 4.39. The summed E-state index contributed by atoms with van der Waals surface area (Å²) in [7, 11) is 0. The average Bonchev–Trinajstić information content (AvgIpc) is 2.58. The third kappa shape index (κ3) is 2.44. The van der Waals surface area contributed by atoms with Gasteiger partial charge in [-0.15, -0.1) is 0 Å². The van der Waals surface area contributed by atoms with Gasteiger partial charge in [0.15, 0.2) is 0 Å². The fourth-order valence-corrected chi connectivity index (χ4v) is 3.22. The van der Waals surface area contributed by atoms with E-state index in [1.807, 2.05) is 37.4 Å². The Bertz CT molecular complexity index is 940. The quantitative estimate of drug-likeness (QED) is 0.647. The van der Waals surface area contributed by atoms with Crippen molar-refractivity contribution in [3.05, 3.63) is 88.2 Å². The predicted molar refractivity (Wildman–Crippen MR) is 91.9 cm³/mol. The highest BCUT2D eigenvalue weighted by molar-refractivity contribution is 5.92. The van der Waals surface area contributed by atoms with Crippen LogP contribution in [-0.2, 0) is 12.8 Å². The van der Waals surface area contributed by atoms with E-state index in [1.165, 1.54) is 16.3 Å². The number of benzene rings is 2. The number of pyridine rings is 1. The highest BCUT2D eigenvalue weighted by atomic mass is 16.3. The molecule has 3 heteroatoms. The van der Waals surface area contributed by atoms with Gasteiger partial charge in [-0.3, -0.25) is 4.98 Å². The molecule has 0 saturated carbocycles. The lowest BCUT2D eigenvalue weighted by Gasteiger charge is -2.12. The highest BCUT2D eigenvalue weighted by Crippen LogP contribution is 2.34. The Morgan fingerprint density at radius 3 is 2.74 bits per heavy atom. The molecule has 0 atom stereocenters. The fraction of sp³-hybridized carbons (Fsp3) is 0.150. The zero-order chi connectivity index (χ0) is 15.8. The second kappa shape index (κ2) is 5.43. The molecule has 0 N–H and O–H groups in total. The molecule has 0 radical (unpaired) electrons. The molecule has 0 unspecified atom stereocenters. The second-order valence-electron chi connectivity index (χ2n) is 5.98. The Kier molecular flexibility index (Phi) is 3.27. The molecule has 1 aromatic heterocycles. The van der Waals surface area contributed by atoms with Gasteiger partial charge in [-0.05, 0) is 47.4 Å². The molecule has 0 saturated heterocycles. The van der Waals surface area contributed by atoms with Crippen molar-refractivity contribution in [2.75, 3.05) is 0 Å². The summed E-state index contributed by atoms with van der Waals surface area (Å²) in [5.74, 6) is 0. The number of allylic oxidation sites excluding steroid dienone is 1. The van der Waals surface area contributed by atoms with Gasteiger partial charge in [-0.1, -0.05) is 30.3 Å². The number of aryl methyl sites for hydroxylation is 1. The number of nitroso groups, excluding NO2 is 1. The van der Waals surface area contributed by atoms with Crippen LogP contribution in [0.15, 0.2) is 60.9 Å². The molecule has 3 nitrogen and oxygen atoms in total. The smallest absolute Gasteiger partial charge is 0.261 e. The first-order chi connectivity index (χ1) is 11.2. The minimum atomic E-state index is 0.765. The first kappa shape index (κ1) is 13.8. The Labute approximate surface area is 134 Å². The van der Waals surface area contributed by atoms with Gasteiger partial charge in [0.05, 0.1) is 4.76 Å². The van der Waals surface area contributed by atoms with Crippen molar-refractivity contribution in [3.63, 3.8) is 0 Å². The normalized spacial score (nSPS) is 13.3. The topological polar surface area (TPSA) is 33.0 Å². The minimum Gasteiger partial charge on any atom is -0.261 e. The molecule has 0 spiro atoms. The van der Waals surface area contributed by atoms with Crippen molar-refractivity contribution < 1.29 is 4.76 Å². The summed E-state index contributed by atoms with van der Waals surface area (Å²) in [5, 5.41) is 2.39. The summed E-state index contributed by atoms with van der Waals surface area (Å²) in [5.41, 5.74) is 5.22. The largest absolute Gasteiger partial charge is 0.267 e. The van der Waals surface area contributed by atoms with E-state index < -0.39 is 0 Å². The lowest BCUT2D eigenvalue weighted by Crippen LogP contribution is -2.04. The molecule has 23 heavy (non-hydrogen) atoms. The van der Waals surface area contributed by atoms with E-state index in [0.717, 1.165) is 40.1 Å². The van der Waals surface area contributed by atoms with Crippen LogP contribution in [0.1, 0.15) is 22.4 Å². The second-order valence-corrected chi connectivity index (χ2v) is 5.98. The standard InChI is InChI=1S/C20H17N2O/c1-14-8-9-15(13-21-14)11-16-12-20-19(7-4-10-22(20)23)18-6-3-2-5-17(16)18/h2-6,8-10,12-13H,7,11H2,1H3/q+1. The van der Waals surface area contributed by atoms with Crippen LogP contribution in [0.4, 0.5) is 5.69 Å². The average molecular weight is 301 g/mol. The first-order valence-corrected chi connectivity index (χ1v) is 7.80. The monoisotopic (exact) mass is 301 g/mol. The van der Waals surface area contributed by atoms with Gasteiger partial charge >= 0.3 is 0 Å². The third-order valence-corrected chi connectivity index (χ3v) is 4.39. The number of fused-ring (bicyclic) bond motifs is 3. The number of hydrogen-bond donors (Lipinski definition) is 0. The van der Waals surface area contributed by atoms with Crippen LogP contribution in [0.2, 0.25) is 0 Å². The Morgan fingerprint density at radius 2 is 1.96 bits per heavy atom. The molecule has 0 bridgehead atoms. The van der Waals surface area contributed by atoms with Gasteiger partial charge in [0, 0.05) is 34.8 Å². The minimum absolute atomic E-state index is 0.765. The molecule has 3 aromatic rings. The summed E-state index contributed by atoms with van der Waals surface area (Å²) >= 11 is 0. The van der Waals surface area contributed by atoms with Crippen LogP contribution in [0.5, 0.6) is 0 Å². The zero-order valence-corrected chi connectivity index (χ0v) is 13.0. The number of aromatic nitrogens is 1. The summed E-state index contributed by atoms with van der Waals surface area (Å²) in [6.07, 6.45) is 7.03. The molecule has 0 amide bonds. The Balaban J connectivity index is 1.89. The summed E-state index contributed by atoms with van der Waals surface area (Å²) in [6, 6.07) is 14.5. The van der Waals surface area contributed by atoms with Crippen molar-refractivity contribution in [1.29, 1.82) is 0 Å². The van der Waals surface area contributed by atoms with Gasteiger partial charge in [-0.25, -0.2) is 0 Å². The van der Waals surface area contributed by atoms with E-state index in [9.17, 15) is 4.91 Å². The van der Waals surface area contributed by atoms with E-state index in [0.29, 0.717) is 0 Å². The summed E-state index contributed by atoms with van der Waals surface area (Å²) < 4.78 is 0.974. The highest BCUT2D eigenvalue weighted by Gasteiger charge is 2.24. The Morgan fingerprint density at radius 1 is 1.13 bits per heavy atom. The first-order valence-electron chi connectivity index (χ1n) is 7.80. The van der Waals surface area contributed by atoms with Crippen LogP contribution in [0.3, 0.4) is 0 Å². The van der Waals surface area contributed by atoms with Crippen LogP contribution in [-0.4, -0.2) is 9.74 Å². The molecular weight excluding hydrogens is 284 g/mol. The predicted octanol–water partition coefficient (Wildman–Crippen LogP) is 4.61. The van der Waals surface area contributed by atoms with E-state index >= 15 is 0 Å². The molecule has 4 rings (SSSR count). The molecule has 2 heterocycles. The lowest BCUT2D eigenvalue weighted by atomic mass is 9.92. The molecule has 112 valence electrons. The molecule has 0 aliphatic carbocycles. The van der Waals surface area contributed by atoms with Crippen molar-refractivity contribution in [2.45, 2.75) is 19.8 Å².